The molecule has 0 saturated heterocycles. The molecule has 1 aromatic heterocycles. The second-order valence-electron chi connectivity index (χ2n) is 4.14. The van der Waals surface area contributed by atoms with E-state index < -0.39 is 0 Å². The number of carbonyl (C=O) groups is 1. The number of amides is 1. The van der Waals surface area contributed by atoms with Crippen LogP contribution in [0.5, 0.6) is 0 Å². The zero-order valence-electron chi connectivity index (χ0n) is 11.0. The van der Waals surface area contributed by atoms with Crippen LogP contribution in [-0.2, 0) is 0 Å². The molecule has 0 spiro atoms. The van der Waals surface area contributed by atoms with Crippen LogP contribution in [-0.4, -0.2) is 35.4 Å². The molecule has 1 unspecified atom stereocenters. The maximum Gasteiger partial charge on any atom is 0.255 e. The lowest BCUT2D eigenvalue weighted by Crippen LogP contribution is -2.34. The average Bonchev–Trinajstić information content (AvgIpc) is 2.37. The largest absolute Gasteiger partial charge is 0.370 e. The van der Waals surface area contributed by atoms with Gasteiger partial charge in [-0.25, -0.2) is 4.98 Å². The molecule has 1 aromatic rings. The summed E-state index contributed by atoms with van der Waals surface area (Å²) in [4.78, 5) is 18.0. The first-order chi connectivity index (χ1) is 8.10. The fourth-order valence-electron chi connectivity index (χ4n) is 1.48. The van der Waals surface area contributed by atoms with Gasteiger partial charge in [-0.05, 0) is 32.4 Å². The number of aromatic nitrogens is 1. The van der Waals surface area contributed by atoms with Crippen molar-refractivity contribution in [3.05, 3.63) is 23.9 Å². The van der Waals surface area contributed by atoms with Crippen molar-refractivity contribution in [2.24, 2.45) is 0 Å². The summed E-state index contributed by atoms with van der Waals surface area (Å²) in [5.41, 5.74) is 0.634. The number of hydrogen-bond acceptors (Lipinski definition) is 3. The van der Waals surface area contributed by atoms with Crippen LogP contribution in [0.1, 0.15) is 37.6 Å². The Morgan fingerprint density at radius 2 is 2.18 bits per heavy atom. The number of pyridine rings is 1. The Morgan fingerprint density at radius 1 is 1.47 bits per heavy atom. The Balaban J connectivity index is 2.75. The molecule has 0 aliphatic heterocycles. The molecule has 1 amide bonds. The lowest BCUT2D eigenvalue weighted by Gasteiger charge is -2.23. The van der Waals surface area contributed by atoms with Gasteiger partial charge in [0.1, 0.15) is 5.82 Å². The fraction of sp³-hybridized carbons (Fsp3) is 0.538. The quantitative estimate of drug-likeness (QED) is 0.852. The maximum atomic E-state index is 12.1. The van der Waals surface area contributed by atoms with E-state index in [0.29, 0.717) is 5.56 Å². The van der Waals surface area contributed by atoms with E-state index >= 15 is 0 Å². The van der Waals surface area contributed by atoms with E-state index in [-0.39, 0.29) is 11.9 Å². The van der Waals surface area contributed by atoms with Crippen molar-refractivity contribution in [2.45, 2.75) is 33.2 Å². The molecule has 0 aliphatic carbocycles. The minimum Gasteiger partial charge on any atom is -0.370 e. The molecule has 1 rings (SSSR count). The van der Waals surface area contributed by atoms with Crippen LogP contribution >= 0.6 is 0 Å². The molecule has 0 bridgehead atoms. The van der Waals surface area contributed by atoms with Crippen molar-refractivity contribution in [3.8, 4) is 0 Å². The number of carbonyl (C=O) groups excluding carboxylic acids is 1. The molecule has 0 aliphatic rings. The minimum atomic E-state index is 0.0231. The van der Waals surface area contributed by atoms with E-state index in [0.717, 1.165) is 18.8 Å². The van der Waals surface area contributed by atoms with E-state index in [4.69, 9.17) is 0 Å². The van der Waals surface area contributed by atoms with Crippen LogP contribution in [0, 0.1) is 0 Å². The van der Waals surface area contributed by atoms with Gasteiger partial charge >= 0.3 is 0 Å². The van der Waals surface area contributed by atoms with Gasteiger partial charge in [-0.1, -0.05) is 6.92 Å². The van der Waals surface area contributed by atoms with Crippen molar-refractivity contribution < 1.29 is 4.79 Å². The summed E-state index contributed by atoms with van der Waals surface area (Å²) in [6.45, 7) is 6.95. The Kier molecular flexibility index (Phi) is 4.94. The van der Waals surface area contributed by atoms with E-state index in [1.54, 1.807) is 11.1 Å². The molecular weight excluding hydrogens is 214 g/mol. The molecule has 0 radical (unpaired) electrons. The molecule has 0 aromatic carbocycles. The third kappa shape index (κ3) is 3.44. The van der Waals surface area contributed by atoms with Crippen LogP contribution in [0.15, 0.2) is 18.3 Å². The summed E-state index contributed by atoms with van der Waals surface area (Å²) in [6, 6.07) is 3.89. The first kappa shape index (κ1) is 13.5. The van der Waals surface area contributed by atoms with Crippen molar-refractivity contribution in [1.82, 2.24) is 9.88 Å². The molecule has 4 nitrogen and oxygen atoms in total. The first-order valence-corrected chi connectivity index (χ1v) is 6.07. The monoisotopic (exact) mass is 235 g/mol. The standard InChI is InChI=1S/C13H21N3O/c1-5-10(3)16(4)13(17)11-7-8-12(14-6-2)15-9-11/h7-10H,5-6H2,1-4H3,(H,14,15). The van der Waals surface area contributed by atoms with Gasteiger partial charge in [0.05, 0.1) is 5.56 Å². The molecule has 94 valence electrons. The van der Waals surface area contributed by atoms with Gasteiger partial charge in [-0.2, -0.15) is 0 Å². The highest BCUT2D eigenvalue weighted by molar-refractivity contribution is 5.94. The summed E-state index contributed by atoms with van der Waals surface area (Å²) >= 11 is 0. The van der Waals surface area contributed by atoms with Crippen LogP contribution < -0.4 is 5.32 Å². The molecule has 1 N–H and O–H groups in total. The highest BCUT2D eigenvalue weighted by atomic mass is 16.2. The minimum absolute atomic E-state index is 0.0231. The summed E-state index contributed by atoms with van der Waals surface area (Å²) in [5.74, 6) is 0.824. The van der Waals surface area contributed by atoms with Gasteiger partial charge in [-0.3, -0.25) is 4.79 Å². The second-order valence-corrected chi connectivity index (χ2v) is 4.14. The van der Waals surface area contributed by atoms with Crippen LogP contribution in [0.4, 0.5) is 5.82 Å². The Labute approximate surface area is 103 Å². The third-order valence-electron chi connectivity index (χ3n) is 2.94. The van der Waals surface area contributed by atoms with Crippen LogP contribution in [0.25, 0.3) is 0 Å². The van der Waals surface area contributed by atoms with Crippen LogP contribution in [0.3, 0.4) is 0 Å². The lowest BCUT2D eigenvalue weighted by atomic mass is 10.2. The SMILES string of the molecule is CCNc1ccc(C(=O)N(C)C(C)CC)cn1. The number of hydrogen-bond donors (Lipinski definition) is 1. The van der Waals surface area contributed by atoms with E-state index in [2.05, 4.69) is 17.2 Å². The topological polar surface area (TPSA) is 45.2 Å². The predicted molar refractivity (Wildman–Crippen MR) is 70.2 cm³/mol. The highest BCUT2D eigenvalue weighted by Gasteiger charge is 2.16. The van der Waals surface area contributed by atoms with Gasteiger partial charge in [0.15, 0.2) is 0 Å². The van der Waals surface area contributed by atoms with Crippen molar-refractivity contribution in [1.29, 1.82) is 0 Å². The maximum absolute atomic E-state index is 12.1. The molecule has 1 heterocycles. The lowest BCUT2D eigenvalue weighted by molar-refractivity contribution is 0.0740. The Bertz CT molecular complexity index is 361. The van der Waals surface area contributed by atoms with Gasteiger partial charge in [0.25, 0.3) is 5.91 Å². The zero-order valence-corrected chi connectivity index (χ0v) is 11.0. The molecule has 17 heavy (non-hydrogen) atoms. The smallest absolute Gasteiger partial charge is 0.255 e. The number of nitrogens with one attached hydrogen (secondary N) is 1. The van der Waals surface area contributed by atoms with E-state index in [1.807, 2.05) is 33.0 Å². The van der Waals surface area contributed by atoms with Gasteiger partial charge in [0.2, 0.25) is 0 Å². The average molecular weight is 235 g/mol. The van der Waals surface area contributed by atoms with E-state index in [1.165, 1.54) is 0 Å². The summed E-state index contributed by atoms with van der Waals surface area (Å²) in [5, 5.41) is 3.10. The summed E-state index contributed by atoms with van der Waals surface area (Å²) in [7, 11) is 1.83. The van der Waals surface area contributed by atoms with E-state index in [9.17, 15) is 4.79 Å². The van der Waals surface area contributed by atoms with Crippen molar-refractivity contribution in [2.75, 3.05) is 18.9 Å². The fourth-order valence-corrected chi connectivity index (χ4v) is 1.48. The third-order valence-corrected chi connectivity index (χ3v) is 2.94. The van der Waals surface area contributed by atoms with Crippen molar-refractivity contribution in [3.63, 3.8) is 0 Å². The highest BCUT2D eigenvalue weighted by Crippen LogP contribution is 2.10. The summed E-state index contributed by atoms with van der Waals surface area (Å²) < 4.78 is 0. The van der Waals surface area contributed by atoms with Gasteiger partial charge in [-0.15, -0.1) is 0 Å². The van der Waals surface area contributed by atoms with Crippen LogP contribution in [0.2, 0.25) is 0 Å². The molecule has 0 saturated carbocycles. The zero-order chi connectivity index (χ0) is 12.8. The molecule has 4 heteroatoms. The first-order valence-electron chi connectivity index (χ1n) is 6.07. The van der Waals surface area contributed by atoms with Gasteiger partial charge in [0, 0.05) is 25.8 Å². The second kappa shape index (κ2) is 6.23. The molecule has 1 atom stereocenters. The Hall–Kier alpha value is -1.58. The van der Waals surface area contributed by atoms with Crippen molar-refractivity contribution >= 4 is 11.7 Å². The normalized spacial score (nSPS) is 12.0. The Morgan fingerprint density at radius 3 is 2.65 bits per heavy atom. The molecular formula is C13H21N3O. The number of nitrogens with zero attached hydrogens (tertiary/aromatic N) is 2. The summed E-state index contributed by atoms with van der Waals surface area (Å²) in [6.07, 6.45) is 2.57. The van der Waals surface area contributed by atoms with Gasteiger partial charge < -0.3 is 10.2 Å². The number of rotatable bonds is 5. The predicted octanol–water partition coefficient (Wildman–Crippen LogP) is 2.38. The molecule has 0 fully saturated rings. The number of anilines is 1.